The van der Waals surface area contributed by atoms with Crippen molar-refractivity contribution in [2.75, 3.05) is 0 Å². The van der Waals surface area contributed by atoms with Crippen LogP contribution in [0.2, 0.25) is 0 Å². The molecule has 0 spiro atoms. The standard InChI is InChI=1S/C2H4O2.12CH2O.Cs/c1-2(3)4;12*1-2;/h1H3,(H,3,4);12*1H2;/q;;;;;;;;;;;;;+1/p-1. The molecule has 0 aliphatic heterocycles. The molecule has 0 aliphatic rings. The summed E-state index contributed by atoms with van der Waals surface area (Å²) in [5.41, 5.74) is 0. The fraction of sp³-hybridized carbons (Fsp3) is 0.0714. The Balaban J connectivity index is -0.00000000706. The first kappa shape index (κ1) is 110. The van der Waals surface area contributed by atoms with Crippen LogP contribution in [0.4, 0.5) is 0 Å². The normalized spacial score (nSPS) is 2.52. The maximum Gasteiger partial charge on any atom is 1.00 e. The van der Waals surface area contributed by atoms with E-state index in [0.29, 0.717) is 0 Å². The Morgan fingerprint density at radius 3 is 0.379 bits per heavy atom. The summed E-state index contributed by atoms with van der Waals surface area (Å²) in [6.45, 7) is 25.0. The van der Waals surface area contributed by atoms with E-state index in [2.05, 4.69) is 0 Å². The van der Waals surface area contributed by atoms with E-state index in [1.165, 1.54) is 0 Å². The van der Waals surface area contributed by atoms with Crippen molar-refractivity contribution in [3.63, 3.8) is 0 Å². The number of hydrogen-bond acceptors (Lipinski definition) is 14. The fourth-order valence-corrected chi connectivity index (χ4v) is 0. The minimum atomic E-state index is -1.08. The molecular formula is C14H27CsO14. The van der Waals surface area contributed by atoms with Crippen LogP contribution >= 0.6 is 0 Å². The largest absolute Gasteiger partial charge is 1.00 e. The summed E-state index contributed by atoms with van der Waals surface area (Å²) < 4.78 is 0. The predicted octanol–water partition coefficient (Wildman–Crippen LogP) is -6.46. The van der Waals surface area contributed by atoms with Gasteiger partial charge in [0, 0.05) is 5.97 Å². The smallest absolute Gasteiger partial charge is 0.550 e. The maximum atomic E-state index is 8.89. The molecule has 0 atom stereocenters. The van der Waals surface area contributed by atoms with Crippen LogP contribution in [0.15, 0.2) is 0 Å². The Kier molecular flexibility index (Phi) is 185000. The molecule has 0 heterocycles. The van der Waals surface area contributed by atoms with Crippen LogP contribution in [-0.4, -0.2) is 87.4 Å². The Labute approximate surface area is 228 Å². The summed E-state index contributed by atoms with van der Waals surface area (Å²) in [4.78, 5) is 105. The Morgan fingerprint density at radius 1 is 0.379 bits per heavy atom. The predicted molar refractivity (Wildman–Crippen MR) is 96.1 cm³/mol. The van der Waals surface area contributed by atoms with Crippen LogP contribution in [0.25, 0.3) is 0 Å². The van der Waals surface area contributed by atoms with E-state index < -0.39 is 5.97 Å². The summed E-state index contributed by atoms with van der Waals surface area (Å²) in [5.74, 6) is -1.08. The minimum absolute atomic E-state index is 0. The molecular weight excluding hydrogens is 525 g/mol. The van der Waals surface area contributed by atoms with Gasteiger partial charge in [0.2, 0.25) is 0 Å². The Hall–Kier alpha value is -2.44. The fourth-order valence-electron chi connectivity index (χ4n) is 0. The SMILES string of the molecule is C=O.C=O.C=O.C=O.C=O.C=O.C=O.C=O.C=O.C=O.C=O.C=O.CC(=O)[O-].[Cs+]. The molecule has 14 nitrogen and oxygen atoms in total. The third kappa shape index (κ3) is 2390. The van der Waals surface area contributed by atoms with Crippen LogP contribution in [0, 0.1) is 0 Å². The van der Waals surface area contributed by atoms with E-state index in [1.54, 1.807) is 0 Å². The van der Waals surface area contributed by atoms with Crippen molar-refractivity contribution in [3.8, 4) is 0 Å². The van der Waals surface area contributed by atoms with Crippen molar-refractivity contribution in [1.82, 2.24) is 0 Å². The molecule has 29 heavy (non-hydrogen) atoms. The number of aliphatic carboxylic acids is 1. The van der Waals surface area contributed by atoms with Crippen LogP contribution < -0.4 is 74.0 Å². The van der Waals surface area contributed by atoms with Crippen molar-refractivity contribution in [2.24, 2.45) is 0 Å². The first-order valence-corrected chi connectivity index (χ1v) is 4.37. The molecule has 168 valence electrons. The monoisotopic (exact) mass is 552 g/mol. The Morgan fingerprint density at radius 2 is 0.379 bits per heavy atom. The third-order valence-corrected chi connectivity index (χ3v) is 0. The van der Waals surface area contributed by atoms with Crippen LogP contribution in [-0.2, 0) is 62.3 Å². The average Bonchev–Trinajstić information content (AvgIpc) is 2.88. The van der Waals surface area contributed by atoms with Gasteiger partial charge < -0.3 is 67.4 Å². The molecule has 0 aromatic heterocycles. The van der Waals surface area contributed by atoms with E-state index in [9.17, 15) is 0 Å². The number of rotatable bonds is 0. The van der Waals surface area contributed by atoms with E-state index in [4.69, 9.17) is 67.4 Å². The van der Waals surface area contributed by atoms with Crippen molar-refractivity contribution < 1.29 is 136 Å². The molecule has 0 aliphatic carbocycles. The van der Waals surface area contributed by atoms with Crippen molar-refractivity contribution in [3.05, 3.63) is 0 Å². The number of carbonyl (C=O) groups is 13. The van der Waals surface area contributed by atoms with E-state index in [1.807, 2.05) is 81.5 Å². The van der Waals surface area contributed by atoms with Crippen molar-refractivity contribution >= 4 is 87.4 Å². The zero-order chi connectivity index (χ0) is 27.6. The molecule has 0 aromatic rings. The van der Waals surface area contributed by atoms with Crippen molar-refractivity contribution in [2.45, 2.75) is 6.92 Å². The quantitative estimate of drug-likeness (QED) is 0.271. The van der Waals surface area contributed by atoms with E-state index >= 15 is 0 Å². The first-order chi connectivity index (χ1) is 13.7. The molecule has 0 aromatic carbocycles. The zero-order valence-electron chi connectivity index (χ0n) is 16.7. The molecule has 0 N–H and O–H groups in total. The molecule has 0 rings (SSSR count). The second-order valence-electron chi connectivity index (χ2n) is 0.492. The van der Waals surface area contributed by atoms with Crippen LogP contribution in [0.5, 0.6) is 0 Å². The summed E-state index contributed by atoms with van der Waals surface area (Å²) in [5, 5.41) is 8.89. The van der Waals surface area contributed by atoms with E-state index in [-0.39, 0.29) is 68.9 Å². The van der Waals surface area contributed by atoms with E-state index in [0.717, 1.165) is 6.92 Å². The number of carbonyl (C=O) groups excluding carboxylic acids is 13. The minimum Gasteiger partial charge on any atom is -0.550 e. The van der Waals surface area contributed by atoms with Gasteiger partial charge in [-0.1, -0.05) is 0 Å². The summed E-state index contributed by atoms with van der Waals surface area (Å²) >= 11 is 0. The zero-order valence-corrected chi connectivity index (χ0v) is 23.0. The van der Waals surface area contributed by atoms with Gasteiger partial charge in [-0.25, -0.2) is 0 Å². The molecule has 0 radical (unpaired) electrons. The first-order valence-electron chi connectivity index (χ1n) is 4.37. The molecule has 0 unspecified atom stereocenters. The third-order valence-electron chi connectivity index (χ3n) is 0. The molecule has 0 saturated heterocycles. The molecule has 0 fully saturated rings. The number of carboxylic acid groups (broad SMARTS) is 1. The maximum absolute atomic E-state index is 8.89. The molecule has 0 amide bonds. The van der Waals surface area contributed by atoms with Crippen LogP contribution in [0.3, 0.4) is 0 Å². The molecule has 0 bridgehead atoms. The molecule has 15 heteroatoms. The van der Waals surface area contributed by atoms with Crippen molar-refractivity contribution in [1.29, 1.82) is 0 Å². The van der Waals surface area contributed by atoms with Gasteiger partial charge in [0.1, 0.15) is 81.5 Å². The van der Waals surface area contributed by atoms with Gasteiger partial charge in [-0.05, 0) is 6.92 Å². The van der Waals surface area contributed by atoms with Gasteiger partial charge >= 0.3 is 68.9 Å². The average molecular weight is 552 g/mol. The second-order valence-corrected chi connectivity index (χ2v) is 0.492. The molecule has 0 saturated carbocycles. The van der Waals surface area contributed by atoms with Gasteiger partial charge in [-0.2, -0.15) is 0 Å². The van der Waals surface area contributed by atoms with Crippen LogP contribution in [0.1, 0.15) is 6.92 Å². The summed E-state index contributed by atoms with van der Waals surface area (Å²) in [6.07, 6.45) is 0. The van der Waals surface area contributed by atoms with Gasteiger partial charge in [0.25, 0.3) is 0 Å². The Bertz CT molecular complexity index is 133. The summed E-state index contributed by atoms with van der Waals surface area (Å²) in [7, 11) is 0. The number of hydrogen-bond donors (Lipinski definition) is 0. The number of carboxylic acids is 1. The summed E-state index contributed by atoms with van der Waals surface area (Å²) in [6, 6.07) is 0. The van der Waals surface area contributed by atoms with Gasteiger partial charge in [0.05, 0.1) is 0 Å². The van der Waals surface area contributed by atoms with Gasteiger partial charge in [0.15, 0.2) is 0 Å². The topological polar surface area (TPSA) is 245 Å². The second kappa shape index (κ2) is 48800. The van der Waals surface area contributed by atoms with Gasteiger partial charge in [-0.3, -0.25) is 0 Å². The van der Waals surface area contributed by atoms with Gasteiger partial charge in [-0.15, -0.1) is 0 Å².